The number of hydrogen-bond acceptors (Lipinski definition) is 7. The monoisotopic (exact) mass is 502 g/mol. The Morgan fingerprint density at radius 1 is 1.16 bits per heavy atom. The third-order valence-electron chi connectivity index (χ3n) is 5.28. The second-order valence-electron chi connectivity index (χ2n) is 7.51. The first kappa shape index (κ1) is 24.6. The quantitative estimate of drug-likeness (QED) is 0.538. The predicted molar refractivity (Wildman–Crippen MR) is 122 cm³/mol. The van der Waals surface area contributed by atoms with Crippen molar-refractivity contribution >= 4 is 37.4 Å². The fourth-order valence-corrected chi connectivity index (χ4v) is 7.08. The maximum Gasteiger partial charge on any atom is 0.322 e. The average Bonchev–Trinajstić information content (AvgIpc) is 3.23. The van der Waals surface area contributed by atoms with Crippen molar-refractivity contribution in [3.05, 3.63) is 36.4 Å². The van der Waals surface area contributed by atoms with E-state index in [4.69, 9.17) is 4.74 Å². The number of aliphatic carboxylic acids is 1. The molecule has 12 heteroatoms. The van der Waals surface area contributed by atoms with Gasteiger partial charge in [-0.3, -0.25) is 4.79 Å². The fraction of sp³-hybridized carbons (Fsp3) is 0.450. The summed E-state index contributed by atoms with van der Waals surface area (Å²) in [7, 11) is -7.43. The number of thiophene rings is 1. The first-order valence-corrected chi connectivity index (χ1v) is 14.2. The molecule has 0 aliphatic carbocycles. The van der Waals surface area contributed by atoms with Crippen LogP contribution in [-0.4, -0.2) is 64.2 Å². The molecule has 1 atom stereocenters. The largest absolute Gasteiger partial charge is 0.494 e. The lowest BCUT2D eigenvalue weighted by molar-refractivity contribution is -0.140. The van der Waals surface area contributed by atoms with Gasteiger partial charge in [0.05, 0.1) is 12.9 Å². The Balaban J connectivity index is 1.73. The summed E-state index contributed by atoms with van der Waals surface area (Å²) in [6.45, 7) is 2.76. The molecule has 0 saturated carbocycles. The van der Waals surface area contributed by atoms with Crippen LogP contribution in [0.25, 0.3) is 10.4 Å². The number of carboxylic acid groups (broad SMARTS) is 1. The van der Waals surface area contributed by atoms with Gasteiger partial charge < -0.3 is 9.84 Å². The van der Waals surface area contributed by atoms with Crippen LogP contribution >= 0.6 is 11.3 Å². The van der Waals surface area contributed by atoms with Gasteiger partial charge in [-0.15, -0.1) is 11.3 Å². The number of sulfonamides is 2. The highest BCUT2D eigenvalue weighted by Crippen LogP contribution is 2.32. The number of carboxylic acids is 1. The van der Waals surface area contributed by atoms with Crippen molar-refractivity contribution in [2.75, 3.05) is 26.0 Å². The molecule has 2 heterocycles. The van der Waals surface area contributed by atoms with Crippen LogP contribution in [0.15, 0.2) is 40.6 Å². The minimum absolute atomic E-state index is 0.0150. The number of nitrogens with one attached hydrogen (secondary N) is 1. The Morgan fingerprint density at radius 3 is 2.31 bits per heavy atom. The number of nitrogens with zero attached hydrogens (tertiary/aromatic N) is 1. The van der Waals surface area contributed by atoms with Gasteiger partial charge in [-0.1, -0.05) is 0 Å². The van der Waals surface area contributed by atoms with Crippen LogP contribution in [0.2, 0.25) is 0 Å². The molecule has 176 valence electrons. The molecule has 0 spiro atoms. The maximum absolute atomic E-state index is 12.9. The molecule has 0 unspecified atom stereocenters. The van der Waals surface area contributed by atoms with E-state index in [2.05, 4.69) is 4.72 Å². The number of hydrogen-bond donors (Lipinski definition) is 2. The van der Waals surface area contributed by atoms with Gasteiger partial charge in [0.1, 0.15) is 16.0 Å². The van der Waals surface area contributed by atoms with Gasteiger partial charge in [0.2, 0.25) is 10.0 Å². The molecule has 32 heavy (non-hydrogen) atoms. The minimum atomic E-state index is -4.07. The molecule has 1 aliphatic heterocycles. The van der Waals surface area contributed by atoms with Crippen molar-refractivity contribution in [1.29, 1.82) is 0 Å². The van der Waals surface area contributed by atoms with Crippen LogP contribution in [0.5, 0.6) is 5.75 Å². The SMILES string of the molecule is CCOc1ccc(-c2ccc(S(=O)(=O)N[C@@H](C(=O)O)C3CCN(S(C)(=O)=O)CC3)s2)cc1. The second-order valence-corrected chi connectivity index (χ2v) is 12.5. The number of carbonyl (C=O) groups is 1. The zero-order valence-electron chi connectivity index (χ0n) is 17.7. The molecule has 1 aromatic heterocycles. The molecule has 2 aromatic rings. The number of rotatable bonds is 9. The van der Waals surface area contributed by atoms with Crippen molar-refractivity contribution in [2.45, 2.75) is 30.0 Å². The van der Waals surface area contributed by atoms with Crippen molar-refractivity contribution in [2.24, 2.45) is 5.92 Å². The average molecular weight is 503 g/mol. The predicted octanol–water partition coefficient (Wildman–Crippen LogP) is 2.22. The van der Waals surface area contributed by atoms with Crippen molar-refractivity contribution in [3.8, 4) is 16.2 Å². The molecule has 0 bridgehead atoms. The zero-order valence-corrected chi connectivity index (χ0v) is 20.2. The molecule has 9 nitrogen and oxygen atoms in total. The van der Waals surface area contributed by atoms with E-state index in [1.165, 1.54) is 10.4 Å². The van der Waals surface area contributed by atoms with Crippen LogP contribution in [0.4, 0.5) is 0 Å². The molecular weight excluding hydrogens is 476 g/mol. The number of piperidine rings is 1. The van der Waals surface area contributed by atoms with Gasteiger partial charge in [0, 0.05) is 18.0 Å². The molecule has 1 aromatic carbocycles. The lowest BCUT2D eigenvalue weighted by Crippen LogP contribution is -2.50. The molecule has 1 saturated heterocycles. The fourth-order valence-electron chi connectivity index (χ4n) is 3.62. The zero-order chi connectivity index (χ0) is 23.5. The van der Waals surface area contributed by atoms with E-state index in [0.29, 0.717) is 12.4 Å². The summed E-state index contributed by atoms with van der Waals surface area (Å²) < 4.78 is 58.2. The molecular formula is C20H26N2O7S3. The van der Waals surface area contributed by atoms with E-state index in [1.54, 1.807) is 18.2 Å². The number of ether oxygens (including phenoxy) is 1. The molecule has 2 N–H and O–H groups in total. The first-order chi connectivity index (χ1) is 15.0. The summed E-state index contributed by atoms with van der Waals surface area (Å²) in [5.41, 5.74) is 0.822. The Hall–Kier alpha value is -1.99. The molecule has 1 aliphatic rings. The van der Waals surface area contributed by atoms with Crippen LogP contribution in [0.1, 0.15) is 19.8 Å². The van der Waals surface area contributed by atoms with Crippen LogP contribution < -0.4 is 9.46 Å². The molecule has 0 radical (unpaired) electrons. The van der Waals surface area contributed by atoms with E-state index in [1.807, 2.05) is 19.1 Å². The van der Waals surface area contributed by atoms with E-state index < -0.39 is 38.0 Å². The van der Waals surface area contributed by atoms with Crippen LogP contribution in [0, 0.1) is 5.92 Å². The van der Waals surface area contributed by atoms with Gasteiger partial charge in [-0.25, -0.2) is 21.1 Å². The summed E-state index contributed by atoms with van der Waals surface area (Å²) in [5.74, 6) is -1.07. The highest BCUT2D eigenvalue weighted by molar-refractivity contribution is 7.91. The summed E-state index contributed by atoms with van der Waals surface area (Å²) in [4.78, 5) is 12.6. The van der Waals surface area contributed by atoms with Gasteiger partial charge in [0.15, 0.2) is 0 Å². The third kappa shape index (κ3) is 5.87. The van der Waals surface area contributed by atoms with Crippen molar-refractivity contribution < 1.29 is 31.5 Å². The van der Waals surface area contributed by atoms with E-state index in [9.17, 15) is 26.7 Å². The minimum Gasteiger partial charge on any atom is -0.494 e. The second kappa shape index (κ2) is 9.87. The van der Waals surface area contributed by atoms with Gasteiger partial charge >= 0.3 is 5.97 Å². The normalized spacial score (nSPS) is 17.2. The standard InChI is InChI=1S/C20H26N2O7S3/c1-3-29-16-6-4-14(5-7-16)17-8-9-18(30-17)32(27,28)21-19(20(23)24)15-10-12-22(13-11-15)31(2,25)26/h4-9,15,19,21H,3,10-13H2,1-2H3,(H,23,24)/t19-/m1/s1. The Bertz CT molecular complexity index is 1150. The van der Waals surface area contributed by atoms with Gasteiger partial charge in [-0.2, -0.15) is 4.72 Å². The van der Waals surface area contributed by atoms with Gasteiger partial charge in [-0.05, 0) is 67.6 Å². The van der Waals surface area contributed by atoms with Gasteiger partial charge in [0.25, 0.3) is 10.0 Å². The summed E-state index contributed by atoms with van der Waals surface area (Å²) >= 11 is 1.04. The molecule has 1 fully saturated rings. The first-order valence-electron chi connectivity index (χ1n) is 10.0. The third-order valence-corrected chi connectivity index (χ3v) is 9.65. The molecule has 3 rings (SSSR count). The maximum atomic E-state index is 12.9. The number of benzene rings is 1. The lowest BCUT2D eigenvalue weighted by Gasteiger charge is -2.33. The summed E-state index contributed by atoms with van der Waals surface area (Å²) in [6, 6.07) is 9.05. The Kier molecular flexibility index (Phi) is 7.61. The lowest BCUT2D eigenvalue weighted by atomic mass is 9.91. The summed E-state index contributed by atoms with van der Waals surface area (Å²) in [5, 5.41) is 9.65. The molecule has 0 amide bonds. The highest BCUT2D eigenvalue weighted by atomic mass is 32.2. The van der Waals surface area contributed by atoms with Crippen molar-refractivity contribution in [3.63, 3.8) is 0 Å². The van der Waals surface area contributed by atoms with E-state index in [0.717, 1.165) is 28.0 Å². The van der Waals surface area contributed by atoms with E-state index >= 15 is 0 Å². The Morgan fingerprint density at radius 2 is 1.78 bits per heavy atom. The topological polar surface area (TPSA) is 130 Å². The summed E-state index contributed by atoms with van der Waals surface area (Å²) in [6.07, 6.45) is 1.62. The van der Waals surface area contributed by atoms with Crippen LogP contribution in [-0.2, 0) is 24.8 Å². The highest BCUT2D eigenvalue weighted by Gasteiger charge is 2.36. The Labute approximate surface area is 192 Å². The van der Waals surface area contributed by atoms with Crippen LogP contribution in [0.3, 0.4) is 0 Å². The van der Waals surface area contributed by atoms with Crippen molar-refractivity contribution in [1.82, 2.24) is 9.03 Å². The smallest absolute Gasteiger partial charge is 0.322 e. The van der Waals surface area contributed by atoms with E-state index in [-0.39, 0.29) is 30.1 Å².